The summed E-state index contributed by atoms with van der Waals surface area (Å²) >= 11 is 0. The van der Waals surface area contributed by atoms with Crippen LogP contribution in [-0.4, -0.2) is 48.4 Å². The van der Waals surface area contributed by atoms with E-state index in [0.29, 0.717) is 18.9 Å². The molecule has 1 aromatic carbocycles. The molecule has 1 amide bonds. The number of aromatic nitrogens is 1. The highest BCUT2D eigenvalue weighted by Crippen LogP contribution is 2.21. The van der Waals surface area contributed by atoms with E-state index in [0.717, 1.165) is 49.5 Å². The van der Waals surface area contributed by atoms with Crippen molar-refractivity contribution in [3.63, 3.8) is 0 Å². The highest BCUT2D eigenvalue weighted by atomic mass is 16.1. The van der Waals surface area contributed by atoms with Crippen LogP contribution in [0.5, 0.6) is 0 Å². The molecule has 3 rings (SSSR count). The standard InChI is InChI=1S/C21H29N5O/c1-3-23-21(26-12-9-16(10-13-26)14-20(27)22-2)25-15-19-18-7-5-4-6-17(18)8-11-24-19/h4-8,11,16H,3,9-10,12-15H2,1-2H3,(H,22,27)(H,23,25). The topological polar surface area (TPSA) is 69.6 Å². The first kappa shape index (κ1) is 19.1. The van der Waals surface area contributed by atoms with Gasteiger partial charge in [-0.25, -0.2) is 4.99 Å². The quantitative estimate of drug-likeness (QED) is 0.629. The predicted octanol–water partition coefficient (Wildman–Crippen LogP) is 2.55. The first-order valence-corrected chi connectivity index (χ1v) is 9.77. The van der Waals surface area contributed by atoms with Crippen LogP contribution in [0.15, 0.2) is 41.5 Å². The maximum Gasteiger partial charge on any atom is 0.220 e. The fourth-order valence-corrected chi connectivity index (χ4v) is 3.60. The lowest BCUT2D eigenvalue weighted by molar-refractivity contribution is -0.121. The predicted molar refractivity (Wildman–Crippen MR) is 110 cm³/mol. The molecule has 6 nitrogen and oxygen atoms in total. The SMILES string of the molecule is CCNC(=NCc1nccc2ccccc12)N1CCC(CC(=O)NC)CC1. The molecule has 0 atom stereocenters. The number of aliphatic imine (C=N–C) groups is 1. The molecule has 0 radical (unpaired) electrons. The van der Waals surface area contributed by atoms with Crippen LogP contribution in [0.1, 0.15) is 31.9 Å². The number of piperidine rings is 1. The van der Waals surface area contributed by atoms with Crippen LogP contribution in [0.2, 0.25) is 0 Å². The molecule has 0 saturated carbocycles. The van der Waals surface area contributed by atoms with E-state index in [1.54, 1.807) is 7.05 Å². The van der Waals surface area contributed by atoms with E-state index >= 15 is 0 Å². The van der Waals surface area contributed by atoms with Crippen molar-refractivity contribution in [3.05, 3.63) is 42.2 Å². The maximum atomic E-state index is 11.6. The summed E-state index contributed by atoms with van der Waals surface area (Å²) in [6, 6.07) is 10.3. The Labute approximate surface area is 161 Å². The summed E-state index contributed by atoms with van der Waals surface area (Å²) in [6.45, 7) is 5.33. The van der Waals surface area contributed by atoms with E-state index in [4.69, 9.17) is 4.99 Å². The fraction of sp³-hybridized carbons (Fsp3) is 0.476. The highest BCUT2D eigenvalue weighted by molar-refractivity contribution is 5.85. The summed E-state index contributed by atoms with van der Waals surface area (Å²) in [5, 5.41) is 8.48. The number of carbonyl (C=O) groups excluding carboxylic acids is 1. The molecule has 0 unspecified atom stereocenters. The minimum absolute atomic E-state index is 0.135. The van der Waals surface area contributed by atoms with Crippen molar-refractivity contribution in [1.82, 2.24) is 20.5 Å². The maximum absolute atomic E-state index is 11.6. The molecule has 27 heavy (non-hydrogen) atoms. The number of likely N-dealkylation sites (tertiary alicyclic amines) is 1. The molecule has 1 aliphatic heterocycles. The number of guanidine groups is 1. The van der Waals surface area contributed by atoms with E-state index in [1.165, 1.54) is 5.39 Å². The van der Waals surface area contributed by atoms with Gasteiger partial charge in [-0.3, -0.25) is 9.78 Å². The van der Waals surface area contributed by atoms with E-state index in [2.05, 4.69) is 39.6 Å². The first-order chi connectivity index (χ1) is 13.2. The third-order valence-electron chi connectivity index (χ3n) is 5.14. The van der Waals surface area contributed by atoms with Crippen molar-refractivity contribution in [1.29, 1.82) is 0 Å². The summed E-state index contributed by atoms with van der Waals surface area (Å²) in [7, 11) is 1.70. The van der Waals surface area contributed by atoms with Gasteiger partial charge in [-0.1, -0.05) is 24.3 Å². The van der Waals surface area contributed by atoms with Crippen molar-refractivity contribution < 1.29 is 4.79 Å². The normalized spacial score (nSPS) is 15.8. The van der Waals surface area contributed by atoms with Crippen molar-refractivity contribution in [2.24, 2.45) is 10.9 Å². The molecule has 144 valence electrons. The van der Waals surface area contributed by atoms with E-state index in [1.807, 2.05) is 24.4 Å². The van der Waals surface area contributed by atoms with Gasteiger partial charge >= 0.3 is 0 Å². The van der Waals surface area contributed by atoms with Crippen molar-refractivity contribution >= 4 is 22.6 Å². The summed E-state index contributed by atoms with van der Waals surface area (Å²) in [5.41, 5.74) is 0.998. The van der Waals surface area contributed by atoms with Crippen molar-refractivity contribution in [2.75, 3.05) is 26.7 Å². The van der Waals surface area contributed by atoms with Gasteiger partial charge in [0.1, 0.15) is 0 Å². The lowest BCUT2D eigenvalue weighted by Crippen LogP contribution is -2.46. The molecule has 0 aliphatic carbocycles. The number of nitrogens with zero attached hydrogens (tertiary/aromatic N) is 3. The summed E-state index contributed by atoms with van der Waals surface area (Å²) in [5.74, 6) is 1.53. The number of pyridine rings is 1. The second-order valence-corrected chi connectivity index (χ2v) is 6.96. The fourth-order valence-electron chi connectivity index (χ4n) is 3.60. The number of carbonyl (C=O) groups is 1. The third-order valence-corrected chi connectivity index (χ3v) is 5.14. The zero-order valence-corrected chi connectivity index (χ0v) is 16.2. The molecule has 1 fully saturated rings. The molecule has 2 heterocycles. The Bertz CT molecular complexity index is 791. The largest absolute Gasteiger partial charge is 0.359 e. The van der Waals surface area contributed by atoms with Crippen molar-refractivity contribution in [3.8, 4) is 0 Å². The summed E-state index contributed by atoms with van der Waals surface area (Å²) in [6.07, 6.45) is 4.51. The number of hydrogen-bond acceptors (Lipinski definition) is 3. The minimum Gasteiger partial charge on any atom is -0.359 e. The van der Waals surface area contributed by atoms with Gasteiger partial charge in [-0.15, -0.1) is 0 Å². The Hall–Kier alpha value is -2.63. The average Bonchev–Trinajstić information content (AvgIpc) is 2.71. The zero-order valence-electron chi connectivity index (χ0n) is 16.2. The van der Waals surface area contributed by atoms with Gasteiger partial charge in [0.2, 0.25) is 5.91 Å². The van der Waals surface area contributed by atoms with Crippen LogP contribution >= 0.6 is 0 Å². The third kappa shape index (κ3) is 4.96. The molecule has 2 aromatic rings. The number of nitrogens with one attached hydrogen (secondary N) is 2. The minimum atomic E-state index is 0.135. The number of benzene rings is 1. The van der Waals surface area contributed by atoms with Gasteiger partial charge in [0.25, 0.3) is 0 Å². The monoisotopic (exact) mass is 367 g/mol. The Morgan fingerprint density at radius 2 is 2.04 bits per heavy atom. The van der Waals surface area contributed by atoms with Crippen LogP contribution in [0.3, 0.4) is 0 Å². The summed E-state index contributed by atoms with van der Waals surface area (Å²) < 4.78 is 0. The molecular weight excluding hydrogens is 338 g/mol. The molecule has 6 heteroatoms. The lowest BCUT2D eigenvalue weighted by Gasteiger charge is -2.34. The lowest BCUT2D eigenvalue weighted by atomic mass is 9.93. The van der Waals surface area contributed by atoms with Gasteiger partial charge in [0.05, 0.1) is 12.2 Å². The Morgan fingerprint density at radius 3 is 2.78 bits per heavy atom. The number of hydrogen-bond donors (Lipinski definition) is 2. The Morgan fingerprint density at radius 1 is 1.26 bits per heavy atom. The first-order valence-electron chi connectivity index (χ1n) is 9.77. The summed E-state index contributed by atoms with van der Waals surface area (Å²) in [4.78, 5) is 23.3. The molecule has 1 saturated heterocycles. The smallest absolute Gasteiger partial charge is 0.220 e. The molecular formula is C21H29N5O. The van der Waals surface area contributed by atoms with E-state index in [9.17, 15) is 4.79 Å². The van der Waals surface area contributed by atoms with Crippen molar-refractivity contribution in [2.45, 2.75) is 32.7 Å². The second-order valence-electron chi connectivity index (χ2n) is 6.96. The molecule has 1 aromatic heterocycles. The van der Waals surface area contributed by atoms with Gasteiger partial charge in [-0.2, -0.15) is 0 Å². The van der Waals surface area contributed by atoms with Gasteiger partial charge in [0.15, 0.2) is 5.96 Å². The molecule has 2 N–H and O–H groups in total. The van der Waals surface area contributed by atoms with Crippen LogP contribution in [0.25, 0.3) is 10.8 Å². The van der Waals surface area contributed by atoms with Crippen LogP contribution in [-0.2, 0) is 11.3 Å². The number of fused-ring (bicyclic) bond motifs is 1. The second kappa shape index (κ2) is 9.35. The van der Waals surface area contributed by atoms with Gasteiger partial charge in [-0.05, 0) is 37.1 Å². The van der Waals surface area contributed by atoms with Crippen LogP contribution < -0.4 is 10.6 Å². The van der Waals surface area contributed by atoms with Gasteiger partial charge < -0.3 is 15.5 Å². The number of amides is 1. The van der Waals surface area contributed by atoms with Crippen LogP contribution in [0.4, 0.5) is 0 Å². The molecule has 0 bridgehead atoms. The number of rotatable bonds is 5. The molecule has 0 spiro atoms. The zero-order chi connectivity index (χ0) is 19.1. The average molecular weight is 367 g/mol. The van der Waals surface area contributed by atoms with E-state index in [-0.39, 0.29) is 5.91 Å². The Balaban J connectivity index is 1.67. The highest BCUT2D eigenvalue weighted by Gasteiger charge is 2.23. The van der Waals surface area contributed by atoms with Crippen LogP contribution in [0, 0.1) is 5.92 Å². The Kier molecular flexibility index (Phi) is 6.63. The van der Waals surface area contributed by atoms with Gasteiger partial charge in [0, 0.05) is 44.7 Å². The van der Waals surface area contributed by atoms with E-state index < -0.39 is 0 Å². The molecule has 1 aliphatic rings.